The van der Waals surface area contributed by atoms with E-state index in [9.17, 15) is 14.4 Å². The highest BCUT2D eigenvalue weighted by Crippen LogP contribution is 2.18. The molecule has 2 aromatic rings. The molecule has 0 aliphatic carbocycles. The predicted octanol–water partition coefficient (Wildman–Crippen LogP) is 1.63. The van der Waals surface area contributed by atoms with Crippen LogP contribution in [0.25, 0.3) is 0 Å². The van der Waals surface area contributed by atoms with Gasteiger partial charge in [-0.3, -0.25) is 14.4 Å². The summed E-state index contributed by atoms with van der Waals surface area (Å²) in [4.78, 5) is 43.6. The summed E-state index contributed by atoms with van der Waals surface area (Å²) in [6, 6.07) is 9.44. The second kappa shape index (κ2) is 8.09. The van der Waals surface area contributed by atoms with E-state index < -0.39 is 0 Å². The lowest BCUT2D eigenvalue weighted by atomic mass is 10.1. The van der Waals surface area contributed by atoms with Crippen LogP contribution in [0.15, 0.2) is 35.7 Å². The maximum Gasteiger partial charge on any atom is 0.273 e. The molecule has 1 N–H and O–H groups in total. The quantitative estimate of drug-likeness (QED) is 0.884. The van der Waals surface area contributed by atoms with Crippen LogP contribution in [-0.4, -0.2) is 58.7 Å². The molecule has 3 amide bonds. The van der Waals surface area contributed by atoms with Gasteiger partial charge in [0.2, 0.25) is 11.8 Å². The predicted molar refractivity (Wildman–Crippen MR) is 99.0 cm³/mol. The average Bonchev–Trinajstić information content (AvgIpc) is 3.10. The topological polar surface area (TPSA) is 82.6 Å². The lowest BCUT2D eigenvalue weighted by Crippen LogP contribution is -2.50. The largest absolute Gasteiger partial charge is 0.339 e. The van der Waals surface area contributed by atoms with E-state index in [-0.39, 0.29) is 24.1 Å². The molecular weight excluding hydrogens is 352 g/mol. The van der Waals surface area contributed by atoms with Crippen LogP contribution < -0.4 is 5.32 Å². The molecular formula is C18H20N4O3S. The molecule has 7 nitrogen and oxygen atoms in total. The van der Waals surface area contributed by atoms with E-state index in [4.69, 9.17) is 0 Å². The maximum atomic E-state index is 12.5. The second-order valence-corrected chi connectivity index (χ2v) is 6.90. The lowest BCUT2D eigenvalue weighted by Gasteiger charge is -2.33. The Morgan fingerprint density at radius 2 is 1.73 bits per heavy atom. The Bertz CT molecular complexity index is 798. The summed E-state index contributed by atoms with van der Waals surface area (Å²) < 4.78 is 0. The molecule has 3 rings (SSSR count). The van der Waals surface area contributed by atoms with Gasteiger partial charge in [-0.2, -0.15) is 0 Å². The molecule has 0 saturated carbocycles. The zero-order chi connectivity index (χ0) is 18.5. The van der Waals surface area contributed by atoms with Gasteiger partial charge in [0.05, 0.1) is 6.42 Å². The number of aromatic nitrogens is 1. The molecule has 0 radical (unpaired) electrons. The van der Waals surface area contributed by atoms with Crippen LogP contribution in [0.4, 0.5) is 5.13 Å². The minimum Gasteiger partial charge on any atom is -0.339 e. The monoisotopic (exact) mass is 372 g/mol. The fourth-order valence-corrected chi connectivity index (χ4v) is 3.46. The van der Waals surface area contributed by atoms with E-state index in [0.29, 0.717) is 37.0 Å². The molecule has 2 heterocycles. The molecule has 1 aliphatic heterocycles. The number of nitrogens with one attached hydrogen (secondary N) is 1. The van der Waals surface area contributed by atoms with Gasteiger partial charge in [-0.1, -0.05) is 30.3 Å². The minimum absolute atomic E-state index is 0.0224. The molecule has 1 saturated heterocycles. The number of rotatable bonds is 4. The van der Waals surface area contributed by atoms with Crippen molar-refractivity contribution in [2.75, 3.05) is 31.5 Å². The summed E-state index contributed by atoms with van der Waals surface area (Å²) in [5.41, 5.74) is 1.24. The summed E-state index contributed by atoms with van der Waals surface area (Å²) in [5, 5.41) is 4.80. The number of thiazole rings is 1. The molecule has 0 spiro atoms. The lowest BCUT2D eigenvalue weighted by molar-refractivity contribution is -0.130. The maximum absolute atomic E-state index is 12.5. The van der Waals surface area contributed by atoms with Crippen LogP contribution >= 0.6 is 11.3 Å². The number of carbonyl (C=O) groups excluding carboxylic acids is 3. The fourth-order valence-electron chi connectivity index (χ4n) is 2.76. The Kier molecular flexibility index (Phi) is 5.62. The number of hydrogen-bond acceptors (Lipinski definition) is 5. The SMILES string of the molecule is CC(=O)N1CCN(C(=O)c2csc(NC(=O)Cc3ccccc3)n2)CC1. The van der Waals surface area contributed by atoms with Crippen molar-refractivity contribution in [3.63, 3.8) is 0 Å². The first-order chi connectivity index (χ1) is 12.5. The first-order valence-corrected chi connectivity index (χ1v) is 9.25. The van der Waals surface area contributed by atoms with Crippen LogP contribution in [0.2, 0.25) is 0 Å². The van der Waals surface area contributed by atoms with Gasteiger partial charge in [0, 0.05) is 38.5 Å². The molecule has 1 aliphatic rings. The van der Waals surface area contributed by atoms with Crippen molar-refractivity contribution in [1.82, 2.24) is 14.8 Å². The second-order valence-electron chi connectivity index (χ2n) is 6.05. The van der Waals surface area contributed by atoms with Crippen molar-refractivity contribution < 1.29 is 14.4 Å². The van der Waals surface area contributed by atoms with Gasteiger partial charge in [0.1, 0.15) is 5.69 Å². The minimum atomic E-state index is -0.173. The number of benzene rings is 1. The van der Waals surface area contributed by atoms with Gasteiger partial charge in [0.15, 0.2) is 5.13 Å². The summed E-state index contributed by atoms with van der Waals surface area (Å²) in [6.45, 7) is 3.58. The molecule has 1 fully saturated rings. The Morgan fingerprint density at radius 1 is 1.08 bits per heavy atom. The van der Waals surface area contributed by atoms with Crippen molar-refractivity contribution in [1.29, 1.82) is 0 Å². The van der Waals surface area contributed by atoms with Gasteiger partial charge >= 0.3 is 0 Å². The van der Waals surface area contributed by atoms with Gasteiger partial charge in [-0.15, -0.1) is 11.3 Å². The van der Waals surface area contributed by atoms with Gasteiger partial charge in [-0.25, -0.2) is 4.98 Å². The molecule has 1 aromatic heterocycles. The number of anilines is 1. The van der Waals surface area contributed by atoms with Crippen molar-refractivity contribution in [3.8, 4) is 0 Å². The third-order valence-corrected chi connectivity index (χ3v) is 4.95. The number of carbonyl (C=O) groups is 3. The van der Waals surface area contributed by atoms with Crippen molar-refractivity contribution in [2.24, 2.45) is 0 Å². The van der Waals surface area contributed by atoms with Crippen molar-refractivity contribution >= 4 is 34.2 Å². The zero-order valence-electron chi connectivity index (χ0n) is 14.5. The van der Waals surface area contributed by atoms with E-state index in [2.05, 4.69) is 10.3 Å². The molecule has 1 aromatic carbocycles. The Balaban J connectivity index is 1.55. The molecule has 0 bridgehead atoms. The van der Waals surface area contributed by atoms with Crippen LogP contribution in [0.1, 0.15) is 23.0 Å². The van der Waals surface area contributed by atoms with E-state index in [0.717, 1.165) is 5.56 Å². The first-order valence-electron chi connectivity index (χ1n) is 8.37. The number of amides is 3. The summed E-state index contributed by atoms with van der Waals surface area (Å²) >= 11 is 1.23. The standard InChI is InChI=1S/C18H20N4O3S/c1-13(23)21-7-9-22(10-8-21)17(25)15-12-26-18(19-15)20-16(24)11-14-5-3-2-4-6-14/h2-6,12H,7-11H2,1H3,(H,19,20,24). The smallest absolute Gasteiger partial charge is 0.273 e. The first kappa shape index (κ1) is 18.1. The van der Waals surface area contributed by atoms with E-state index in [1.54, 1.807) is 15.2 Å². The van der Waals surface area contributed by atoms with E-state index in [1.807, 2.05) is 30.3 Å². The zero-order valence-corrected chi connectivity index (χ0v) is 15.3. The van der Waals surface area contributed by atoms with Gasteiger partial charge in [0.25, 0.3) is 5.91 Å². The van der Waals surface area contributed by atoms with Crippen LogP contribution in [-0.2, 0) is 16.0 Å². The third kappa shape index (κ3) is 4.45. The number of hydrogen-bond donors (Lipinski definition) is 1. The molecule has 26 heavy (non-hydrogen) atoms. The average molecular weight is 372 g/mol. The van der Waals surface area contributed by atoms with Crippen molar-refractivity contribution in [3.05, 3.63) is 47.0 Å². The highest BCUT2D eigenvalue weighted by atomic mass is 32.1. The summed E-state index contributed by atoms with van der Waals surface area (Å²) in [7, 11) is 0. The Morgan fingerprint density at radius 3 is 2.38 bits per heavy atom. The molecule has 8 heteroatoms. The molecule has 0 unspecified atom stereocenters. The Hall–Kier alpha value is -2.74. The summed E-state index contributed by atoms with van der Waals surface area (Å²) in [5.74, 6) is -0.318. The molecule has 0 atom stereocenters. The van der Waals surface area contributed by atoms with Gasteiger partial charge < -0.3 is 15.1 Å². The third-order valence-electron chi connectivity index (χ3n) is 4.19. The number of nitrogens with zero attached hydrogens (tertiary/aromatic N) is 3. The van der Waals surface area contributed by atoms with Crippen LogP contribution in [0.5, 0.6) is 0 Å². The van der Waals surface area contributed by atoms with Crippen LogP contribution in [0, 0.1) is 0 Å². The van der Waals surface area contributed by atoms with Gasteiger partial charge in [-0.05, 0) is 5.56 Å². The fraction of sp³-hybridized carbons (Fsp3) is 0.333. The van der Waals surface area contributed by atoms with Crippen molar-refractivity contribution in [2.45, 2.75) is 13.3 Å². The van der Waals surface area contributed by atoms with Crippen LogP contribution in [0.3, 0.4) is 0 Å². The highest BCUT2D eigenvalue weighted by Gasteiger charge is 2.25. The highest BCUT2D eigenvalue weighted by molar-refractivity contribution is 7.14. The van der Waals surface area contributed by atoms with E-state index in [1.165, 1.54) is 18.3 Å². The molecule has 136 valence electrons. The Labute approximate surface area is 155 Å². The normalized spacial score (nSPS) is 14.2. The van der Waals surface area contributed by atoms with E-state index >= 15 is 0 Å². The number of piperazine rings is 1. The summed E-state index contributed by atoms with van der Waals surface area (Å²) in [6.07, 6.45) is 0.261.